The van der Waals surface area contributed by atoms with Gasteiger partial charge in [-0.05, 0) is 32.7 Å². The molecule has 0 aromatic carbocycles. The van der Waals surface area contributed by atoms with Crippen molar-refractivity contribution in [3.8, 4) is 0 Å². The maximum Gasteiger partial charge on any atom is 0.309 e. The van der Waals surface area contributed by atoms with Crippen LogP contribution in [0.4, 0.5) is 0 Å². The molecule has 0 bridgehead atoms. The molecule has 1 N–H and O–H groups in total. The van der Waals surface area contributed by atoms with Crippen molar-refractivity contribution in [3.05, 3.63) is 0 Å². The van der Waals surface area contributed by atoms with Gasteiger partial charge in [-0.15, -0.1) is 0 Å². The quantitative estimate of drug-likeness (QED) is 0.727. The zero-order valence-corrected chi connectivity index (χ0v) is 10.6. The normalized spacial score (nSPS) is 27.4. The van der Waals surface area contributed by atoms with Crippen LogP contribution in [0.1, 0.15) is 27.2 Å². The Morgan fingerprint density at radius 2 is 2.06 bits per heavy atom. The summed E-state index contributed by atoms with van der Waals surface area (Å²) in [6, 6.07) is 0.177. The van der Waals surface area contributed by atoms with E-state index in [-0.39, 0.29) is 24.0 Å². The molecule has 94 valence electrons. The number of hydrogen-bond donors (Lipinski definition) is 1. The number of hydrogen-bond acceptors (Lipinski definition) is 4. The molecule has 1 aliphatic rings. The molecular formula is C12H23NO3. The number of likely N-dealkylation sites (tertiary alicyclic amines) is 1. The lowest BCUT2D eigenvalue weighted by molar-refractivity contribution is -0.146. The molecule has 0 spiro atoms. The molecule has 0 aliphatic carbocycles. The molecule has 4 unspecified atom stereocenters. The van der Waals surface area contributed by atoms with Gasteiger partial charge in [0.25, 0.3) is 0 Å². The molecule has 1 fully saturated rings. The summed E-state index contributed by atoms with van der Waals surface area (Å²) in [6.45, 7) is 7.61. The highest BCUT2D eigenvalue weighted by Gasteiger charge is 2.33. The number of esters is 1. The summed E-state index contributed by atoms with van der Waals surface area (Å²) < 4.78 is 4.75. The Morgan fingerprint density at radius 3 is 2.50 bits per heavy atom. The highest BCUT2D eigenvalue weighted by molar-refractivity contribution is 5.72. The van der Waals surface area contributed by atoms with E-state index in [1.54, 1.807) is 0 Å². The molecule has 1 aliphatic heterocycles. The Balaban J connectivity index is 2.50. The first-order chi connectivity index (χ1) is 7.47. The maximum atomic E-state index is 11.4. The molecule has 1 heterocycles. The lowest BCUT2D eigenvalue weighted by atomic mass is 10.0. The van der Waals surface area contributed by atoms with Crippen LogP contribution in [0, 0.1) is 11.8 Å². The second-order valence-electron chi connectivity index (χ2n) is 4.84. The van der Waals surface area contributed by atoms with Crippen LogP contribution in [-0.4, -0.2) is 48.3 Å². The molecule has 0 aromatic rings. The van der Waals surface area contributed by atoms with Gasteiger partial charge in [0.2, 0.25) is 0 Å². The van der Waals surface area contributed by atoms with Crippen LogP contribution in [0.25, 0.3) is 0 Å². The van der Waals surface area contributed by atoms with Crippen LogP contribution in [0.5, 0.6) is 0 Å². The van der Waals surface area contributed by atoms with Gasteiger partial charge in [-0.2, -0.15) is 0 Å². The van der Waals surface area contributed by atoms with Gasteiger partial charge in [0, 0.05) is 12.6 Å². The van der Waals surface area contributed by atoms with E-state index >= 15 is 0 Å². The third-order valence-electron chi connectivity index (χ3n) is 3.81. The lowest BCUT2D eigenvalue weighted by Gasteiger charge is -2.28. The SMILES string of the molecule is COC(=O)C(C)C(C)N1CCC(C(C)O)C1. The van der Waals surface area contributed by atoms with E-state index in [9.17, 15) is 9.90 Å². The molecule has 0 saturated carbocycles. The van der Waals surface area contributed by atoms with Gasteiger partial charge in [0.05, 0.1) is 19.1 Å². The summed E-state index contributed by atoms with van der Waals surface area (Å²) in [5.74, 6) is 0.0676. The lowest BCUT2D eigenvalue weighted by Crippen LogP contribution is -2.40. The molecule has 0 amide bonds. The van der Waals surface area contributed by atoms with E-state index in [1.807, 2.05) is 20.8 Å². The minimum atomic E-state index is -0.259. The molecule has 4 atom stereocenters. The monoisotopic (exact) mass is 229 g/mol. The highest BCUT2D eigenvalue weighted by atomic mass is 16.5. The Kier molecular flexibility index (Phi) is 4.74. The first kappa shape index (κ1) is 13.5. The second kappa shape index (κ2) is 5.64. The van der Waals surface area contributed by atoms with Crippen molar-refractivity contribution in [2.45, 2.75) is 39.3 Å². The second-order valence-corrected chi connectivity index (χ2v) is 4.84. The molecular weight excluding hydrogens is 206 g/mol. The average molecular weight is 229 g/mol. The molecule has 4 heteroatoms. The van der Waals surface area contributed by atoms with Crippen molar-refractivity contribution in [2.75, 3.05) is 20.2 Å². The van der Waals surface area contributed by atoms with E-state index < -0.39 is 0 Å². The topological polar surface area (TPSA) is 49.8 Å². The van der Waals surface area contributed by atoms with Crippen LogP contribution in [-0.2, 0) is 9.53 Å². The van der Waals surface area contributed by atoms with Gasteiger partial charge in [-0.1, -0.05) is 6.92 Å². The van der Waals surface area contributed by atoms with Crippen molar-refractivity contribution in [2.24, 2.45) is 11.8 Å². The molecule has 0 radical (unpaired) electrons. The predicted molar refractivity (Wildman–Crippen MR) is 62.0 cm³/mol. The first-order valence-corrected chi connectivity index (χ1v) is 5.97. The average Bonchev–Trinajstić information content (AvgIpc) is 2.75. The Labute approximate surface area is 97.6 Å². The van der Waals surface area contributed by atoms with E-state index in [1.165, 1.54) is 7.11 Å². The van der Waals surface area contributed by atoms with Crippen LogP contribution in [0.15, 0.2) is 0 Å². The van der Waals surface area contributed by atoms with Crippen molar-refractivity contribution < 1.29 is 14.6 Å². The number of methoxy groups -OCH3 is 1. The van der Waals surface area contributed by atoms with E-state index in [0.29, 0.717) is 5.92 Å². The molecule has 1 saturated heterocycles. The highest BCUT2D eigenvalue weighted by Crippen LogP contribution is 2.24. The number of nitrogens with zero attached hydrogens (tertiary/aromatic N) is 1. The minimum Gasteiger partial charge on any atom is -0.469 e. The number of rotatable bonds is 4. The Hall–Kier alpha value is -0.610. The number of aliphatic hydroxyl groups excluding tert-OH is 1. The molecule has 1 rings (SSSR count). The fourth-order valence-electron chi connectivity index (χ4n) is 2.28. The van der Waals surface area contributed by atoms with Gasteiger partial charge < -0.3 is 9.84 Å². The summed E-state index contributed by atoms with van der Waals surface area (Å²) in [7, 11) is 1.42. The Morgan fingerprint density at radius 1 is 1.44 bits per heavy atom. The van der Waals surface area contributed by atoms with E-state index in [0.717, 1.165) is 19.5 Å². The summed E-state index contributed by atoms with van der Waals surface area (Å²) in [5, 5.41) is 9.53. The van der Waals surface area contributed by atoms with Crippen molar-refractivity contribution >= 4 is 5.97 Å². The summed E-state index contributed by atoms with van der Waals surface area (Å²) in [6.07, 6.45) is 0.751. The van der Waals surface area contributed by atoms with Gasteiger partial charge in [0.1, 0.15) is 0 Å². The van der Waals surface area contributed by atoms with Crippen LogP contribution >= 0.6 is 0 Å². The zero-order valence-electron chi connectivity index (χ0n) is 10.6. The van der Waals surface area contributed by atoms with E-state index in [2.05, 4.69) is 4.90 Å². The van der Waals surface area contributed by atoms with Crippen LogP contribution < -0.4 is 0 Å². The third kappa shape index (κ3) is 2.95. The van der Waals surface area contributed by atoms with Gasteiger partial charge in [-0.25, -0.2) is 0 Å². The standard InChI is InChI=1S/C12H23NO3/c1-8(12(15)16-4)9(2)13-6-5-11(7-13)10(3)14/h8-11,14H,5-7H2,1-4H3. The van der Waals surface area contributed by atoms with Crippen LogP contribution in [0.2, 0.25) is 0 Å². The van der Waals surface area contributed by atoms with Crippen molar-refractivity contribution in [3.63, 3.8) is 0 Å². The number of aliphatic hydroxyl groups is 1. The molecule has 0 aromatic heterocycles. The van der Waals surface area contributed by atoms with Gasteiger partial charge >= 0.3 is 5.97 Å². The Bertz CT molecular complexity index is 242. The predicted octanol–water partition coefficient (Wildman–Crippen LogP) is 0.887. The largest absolute Gasteiger partial charge is 0.469 e. The van der Waals surface area contributed by atoms with E-state index in [4.69, 9.17) is 4.74 Å². The summed E-state index contributed by atoms with van der Waals surface area (Å²) >= 11 is 0. The summed E-state index contributed by atoms with van der Waals surface area (Å²) in [5.41, 5.74) is 0. The fourth-order valence-corrected chi connectivity index (χ4v) is 2.28. The maximum absolute atomic E-state index is 11.4. The fraction of sp³-hybridized carbons (Fsp3) is 0.917. The number of carbonyl (C=O) groups excluding carboxylic acids is 1. The molecule has 4 nitrogen and oxygen atoms in total. The van der Waals surface area contributed by atoms with Gasteiger partial charge in [0.15, 0.2) is 0 Å². The summed E-state index contributed by atoms with van der Waals surface area (Å²) in [4.78, 5) is 13.7. The first-order valence-electron chi connectivity index (χ1n) is 5.97. The van der Waals surface area contributed by atoms with Crippen LogP contribution in [0.3, 0.4) is 0 Å². The molecule has 16 heavy (non-hydrogen) atoms. The van der Waals surface area contributed by atoms with Gasteiger partial charge in [-0.3, -0.25) is 9.69 Å². The van der Waals surface area contributed by atoms with Crippen molar-refractivity contribution in [1.82, 2.24) is 4.90 Å². The zero-order chi connectivity index (χ0) is 12.3. The number of ether oxygens (including phenoxy) is 1. The third-order valence-corrected chi connectivity index (χ3v) is 3.81. The minimum absolute atomic E-state index is 0.113. The number of carbonyl (C=O) groups is 1. The van der Waals surface area contributed by atoms with Crippen molar-refractivity contribution in [1.29, 1.82) is 0 Å². The smallest absolute Gasteiger partial charge is 0.309 e.